The summed E-state index contributed by atoms with van der Waals surface area (Å²) in [6, 6.07) is 6.90. The van der Waals surface area contributed by atoms with E-state index in [1.54, 1.807) is 14.2 Å². The van der Waals surface area contributed by atoms with Crippen molar-refractivity contribution in [3.63, 3.8) is 0 Å². The van der Waals surface area contributed by atoms with Crippen molar-refractivity contribution in [1.29, 1.82) is 0 Å². The maximum atomic E-state index is 5.73. The van der Waals surface area contributed by atoms with Crippen molar-refractivity contribution in [2.24, 2.45) is 5.73 Å². The van der Waals surface area contributed by atoms with E-state index in [0.29, 0.717) is 12.6 Å². The molecule has 4 nitrogen and oxygen atoms in total. The van der Waals surface area contributed by atoms with Gasteiger partial charge >= 0.3 is 0 Å². The molecule has 0 saturated heterocycles. The van der Waals surface area contributed by atoms with Gasteiger partial charge < -0.3 is 15.2 Å². The van der Waals surface area contributed by atoms with Gasteiger partial charge in [0.15, 0.2) is 0 Å². The van der Waals surface area contributed by atoms with Crippen LogP contribution >= 0.6 is 0 Å². The molecule has 0 radical (unpaired) electrons. The Morgan fingerprint density at radius 2 is 1.90 bits per heavy atom. The first-order chi connectivity index (χ1) is 10.2. The minimum Gasteiger partial charge on any atom is -0.496 e. The van der Waals surface area contributed by atoms with E-state index in [0.717, 1.165) is 43.9 Å². The van der Waals surface area contributed by atoms with Crippen LogP contribution in [0, 0.1) is 0 Å². The number of nitrogens with two attached hydrogens (primary N) is 1. The normalized spacial score (nSPS) is 11.4. The summed E-state index contributed by atoms with van der Waals surface area (Å²) in [5, 5.41) is 0. The Kier molecular flexibility index (Phi) is 8.35. The molecule has 0 atom stereocenters. The van der Waals surface area contributed by atoms with Gasteiger partial charge in [-0.1, -0.05) is 26.0 Å². The molecule has 0 unspecified atom stereocenters. The standard InChI is InChI=1S/C17H30N2O2/c1-5-16(6-2)19(9-10-20-3)13-14-7-8-15(12-18)17(11-14)21-4/h7-8,11,16H,5-6,9-10,12-13,18H2,1-4H3. The zero-order valence-corrected chi connectivity index (χ0v) is 13.9. The Bertz CT molecular complexity index is 406. The van der Waals surface area contributed by atoms with Crippen LogP contribution in [-0.4, -0.2) is 38.3 Å². The third kappa shape index (κ3) is 5.30. The van der Waals surface area contributed by atoms with Gasteiger partial charge in [-0.25, -0.2) is 0 Å². The number of ether oxygens (including phenoxy) is 2. The molecule has 0 aliphatic heterocycles. The highest BCUT2D eigenvalue weighted by molar-refractivity contribution is 5.37. The molecule has 0 aliphatic rings. The lowest BCUT2D eigenvalue weighted by Crippen LogP contribution is -2.36. The van der Waals surface area contributed by atoms with Crippen molar-refractivity contribution in [2.45, 2.75) is 45.8 Å². The second-order valence-corrected chi connectivity index (χ2v) is 5.28. The second kappa shape index (κ2) is 9.77. The molecule has 0 saturated carbocycles. The van der Waals surface area contributed by atoms with E-state index in [4.69, 9.17) is 15.2 Å². The van der Waals surface area contributed by atoms with Crippen molar-refractivity contribution >= 4 is 0 Å². The summed E-state index contributed by atoms with van der Waals surface area (Å²) in [6.45, 7) is 7.61. The Labute approximate surface area is 129 Å². The van der Waals surface area contributed by atoms with Crippen LogP contribution in [0.1, 0.15) is 37.8 Å². The van der Waals surface area contributed by atoms with E-state index < -0.39 is 0 Å². The fourth-order valence-electron chi connectivity index (χ4n) is 2.69. The summed E-state index contributed by atoms with van der Waals surface area (Å²) in [5.41, 5.74) is 8.03. The predicted molar refractivity (Wildman–Crippen MR) is 87.5 cm³/mol. The highest BCUT2D eigenvalue weighted by Gasteiger charge is 2.16. The van der Waals surface area contributed by atoms with Crippen LogP contribution in [0.2, 0.25) is 0 Å². The molecule has 0 fully saturated rings. The molecule has 21 heavy (non-hydrogen) atoms. The summed E-state index contributed by atoms with van der Waals surface area (Å²) >= 11 is 0. The zero-order chi connectivity index (χ0) is 15.7. The van der Waals surface area contributed by atoms with Crippen LogP contribution in [0.4, 0.5) is 0 Å². The van der Waals surface area contributed by atoms with E-state index in [1.807, 2.05) is 0 Å². The van der Waals surface area contributed by atoms with Crippen molar-refractivity contribution < 1.29 is 9.47 Å². The van der Waals surface area contributed by atoms with Gasteiger partial charge in [-0.15, -0.1) is 0 Å². The van der Waals surface area contributed by atoms with E-state index >= 15 is 0 Å². The first kappa shape index (κ1) is 18.0. The lowest BCUT2D eigenvalue weighted by molar-refractivity contribution is 0.110. The first-order valence-corrected chi connectivity index (χ1v) is 7.78. The molecular formula is C17H30N2O2. The van der Waals surface area contributed by atoms with E-state index in [-0.39, 0.29) is 0 Å². The molecule has 120 valence electrons. The molecule has 0 heterocycles. The molecule has 1 rings (SSSR count). The SMILES string of the molecule is CCC(CC)N(CCOC)Cc1ccc(CN)c(OC)c1. The molecular weight excluding hydrogens is 264 g/mol. The number of hydrogen-bond acceptors (Lipinski definition) is 4. The average molecular weight is 294 g/mol. The van der Waals surface area contributed by atoms with Gasteiger partial charge in [-0.3, -0.25) is 4.90 Å². The fraction of sp³-hybridized carbons (Fsp3) is 0.647. The Hall–Kier alpha value is -1.10. The molecule has 1 aromatic rings. The molecule has 0 aliphatic carbocycles. The summed E-state index contributed by atoms with van der Waals surface area (Å²) in [7, 11) is 3.45. The smallest absolute Gasteiger partial charge is 0.123 e. The van der Waals surface area contributed by atoms with Gasteiger partial charge in [-0.2, -0.15) is 0 Å². The maximum Gasteiger partial charge on any atom is 0.123 e. The molecule has 4 heteroatoms. The van der Waals surface area contributed by atoms with Gasteiger partial charge in [0.1, 0.15) is 5.75 Å². The van der Waals surface area contributed by atoms with Crippen molar-refractivity contribution in [3.8, 4) is 5.75 Å². The van der Waals surface area contributed by atoms with E-state index in [1.165, 1.54) is 5.56 Å². The van der Waals surface area contributed by atoms with Gasteiger partial charge in [-0.05, 0) is 24.5 Å². The lowest BCUT2D eigenvalue weighted by Gasteiger charge is -2.30. The molecule has 2 N–H and O–H groups in total. The average Bonchev–Trinajstić information content (AvgIpc) is 2.53. The molecule has 0 aromatic heterocycles. The molecule has 0 bridgehead atoms. The summed E-state index contributed by atoms with van der Waals surface area (Å²) in [6.07, 6.45) is 2.30. The summed E-state index contributed by atoms with van der Waals surface area (Å²) < 4.78 is 10.7. The number of nitrogens with zero attached hydrogens (tertiary/aromatic N) is 1. The number of benzene rings is 1. The summed E-state index contributed by atoms with van der Waals surface area (Å²) in [4.78, 5) is 2.49. The van der Waals surface area contributed by atoms with Crippen molar-refractivity contribution in [2.75, 3.05) is 27.4 Å². The Balaban J connectivity index is 2.86. The molecule has 1 aromatic carbocycles. The fourth-order valence-corrected chi connectivity index (χ4v) is 2.69. The minimum atomic E-state index is 0.503. The summed E-state index contributed by atoms with van der Waals surface area (Å²) in [5.74, 6) is 0.881. The largest absolute Gasteiger partial charge is 0.496 e. The highest BCUT2D eigenvalue weighted by atomic mass is 16.5. The monoisotopic (exact) mass is 294 g/mol. The zero-order valence-electron chi connectivity index (χ0n) is 13.9. The minimum absolute atomic E-state index is 0.503. The topological polar surface area (TPSA) is 47.7 Å². The van der Waals surface area contributed by atoms with Gasteiger partial charge in [0.05, 0.1) is 13.7 Å². The van der Waals surface area contributed by atoms with Gasteiger partial charge in [0.25, 0.3) is 0 Å². The molecule has 0 amide bonds. The van der Waals surface area contributed by atoms with Crippen LogP contribution < -0.4 is 10.5 Å². The van der Waals surface area contributed by atoms with E-state index in [2.05, 4.69) is 36.9 Å². The van der Waals surface area contributed by atoms with Crippen LogP contribution in [-0.2, 0) is 17.8 Å². The van der Waals surface area contributed by atoms with Crippen molar-refractivity contribution in [1.82, 2.24) is 4.90 Å². The highest BCUT2D eigenvalue weighted by Crippen LogP contribution is 2.22. The van der Waals surface area contributed by atoms with Crippen molar-refractivity contribution in [3.05, 3.63) is 29.3 Å². The van der Waals surface area contributed by atoms with Gasteiger partial charge in [0, 0.05) is 38.3 Å². The first-order valence-electron chi connectivity index (χ1n) is 7.78. The van der Waals surface area contributed by atoms with E-state index in [9.17, 15) is 0 Å². The van der Waals surface area contributed by atoms with Gasteiger partial charge in [0.2, 0.25) is 0 Å². The quantitative estimate of drug-likeness (QED) is 0.721. The third-order valence-electron chi connectivity index (χ3n) is 4.00. The Morgan fingerprint density at radius 1 is 1.19 bits per heavy atom. The van der Waals surface area contributed by atoms with Crippen LogP contribution in [0.15, 0.2) is 18.2 Å². The van der Waals surface area contributed by atoms with Crippen LogP contribution in [0.25, 0.3) is 0 Å². The number of methoxy groups -OCH3 is 2. The Morgan fingerprint density at radius 3 is 2.43 bits per heavy atom. The van der Waals surface area contributed by atoms with Crippen LogP contribution in [0.3, 0.4) is 0 Å². The number of rotatable bonds is 10. The number of hydrogen-bond donors (Lipinski definition) is 1. The maximum absolute atomic E-state index is 5.73. The third-order valence-corrected chi connectivity index (χ3v) is 4.00. The van der Waals surface area contributed by atoms with Crippen LogP contribution in [0.5, 0.6) is 5.75 Å². The molecule has 0 spiro atoms. The predicted octanol–water partition coefficient (Wildman–Crippen LogP) is 2.79. The lowest BCUT2D eigenvalue weighted by atomic mass is 10.1. The second-order valence-electron chi connectivity index (χ2n) is 5.28.